The minimum atomic E-state index is -0.922. The summed E-state index contributed by atoms with van der Waals surface area (Å²) < 4.78 is 16.9. The summed E-state index contributed by atoms with van der Waals surface area (Å²) in [7, 11) is 3.34. The number of rotatable bonds is 7. The maximum Gasteiger partial charge on any atom is 0.315 e. The van der Waals surface area contributed by atoms with Crippen molar-refractivity contribution < 1.29 is 23.8 Å². The van der Waals surface area contributed by atoms with Gasteiger partial charge in [-0.05, 0) is 61.9 Å². The molecule has 9 heteroatoms. The number of methoxy groups -OCH3 is 1. The van der Waals surface area contributed by atoms with Crippen molar-refractivity contribution in [3.8, 4) is 11.5 Å². The smallest absolute Gasteiger partial charge is 0.315 e. The number of amides is 1. The first-order valence-corrected chi connectivity index (χ1v) is 12.4. The lowest BCUT2D eigenvalue weighted by Gasteiger charge is -2.33. The Balaban J connectivity index is 1.43. The van der Waals surface area contributed by atoms with Gasteiger partial charge in [-0.3, -0.25) is 9.59 Å². The minimum absolute atomic E-state index is 0.162. The van der Waals surface area contributed by atoms with E-state index in [1.807, 2.05) is 31.3 Å². The summed E-state index contributed by atoms with van der Waals surface area (Å²) in [6.07, 6.45) is -0.162. The molecule has 1 N–H and O–H groups in total. The van der Waals surface area contributed by atoms with E-state index in [0.29, 0.717) is 35.2 Å². The second-order valence-electron chi connectivity index (χ2n) is 9.31. The molecule has 1 aliphatic heterocycles. The van der Waals surface area contributed by atoms with Crippen LogP contribution in [0.2, 0.25) is 10.0 Å². The van der Waals surface area contributed by atoms with E-state index < -0.39 is 17.3 Å². The number of nitrogens with one attached hydrogen (secondary N) is 1. The van der Waals surface area contributed by atoms with Crippen LogP contribution in [-0.4, -0.2) is 45.3 Å². The van der Waals surface area contributed by atoms with Gasteiger partial charge in [-0.15, -0.1) is 0 Å². The number of hydrogen-bond donors (Lipinski definition) is 1. The molecule has 3 aromatic rings. The zero-order valence-corrected chi connectivity index (χ0v) is 22.5. The third-order valence-corrected chi connectivity index (χ3v) is 6.94. The molecule has 1 atom stereocenters. The highest BCUT2D eigenvalue weighted by molar-refractivity contribution is 6.36. The highest BCUT2D eigenvalue weighted by Gasteiger charge is 2.31. The zero-order valence-electron chi connectivity index (χ0n) is 21.0. The Morgan fingerprint density at radius 2 is 1.84 bits per heavy atom. The number of carbonyl (C=O) groups is 2. The van der Waals surface area contributed by atoms with E-state index in [4.69, 9.17) is 37.4 Å². The van der Waals surface area contributed by atoms with Crippen LogP contribution in [0.5, 0.6) is 11.5 Å². The van der Waals surface area contributed by atoms with E-state index >= 15 is 0 Å². The second-order valence-corrected chi connectivity index (χ2v) is 10.1. The summed E-state index contributed by atoms with van der Waals surface area (Å²) in [5, 5.41) is 3.33. The van der Waals surface area contributed by atoms with E-state index in [1.54, 1.807) is 50.2 Å². The largest absolute Gasteiger partial charge is 0.490 e. The van der Waals surface area contributed by atoms with Crippen molar-refractivity contribution in [3.63, 3.8) is 0 Å². The van der Waals surface area contributed by atoms with Gasteiger partial charge in [0, 0.05) is 7.05 Å². The molecule has 1 heterocycles. The second kappa shape index (κ2) is 10.9. The lowest BCUT2D eigenvalue weighted by molar-refractivity contribution is -0.146. The van der Waals surface area contributed by atoms with Gasteiger partial charge < -0.3 is 24.4 Å². The van der Waals surface area contributed by atoms with Gasteiger partial charge in [0.15, 0.2) is 0 Å². The number of fused-ring (bicyclic) bond motifs is 1. The van der Waals surface area contributed by atoms with Crippen molar-refractivity contribution in [2.75, 3.05) is 37.5 Å². The van der Waals surface area contributed by atoms with Gasteiger partial charge in [-0.1, -0.05) is 41.4 Å². The number of halogens is 2. The monoisotopic (exact) mass is 542 g/mol. The SMILES string of the molecule is COC(=O)C(C)(C)c1ccc(Cl)c(NC(=O)c2ccc(OC[C@@H]3CN(C)c4ccccc4O3)cc2Cl)c1. The summed E-state index contributed by atoms with van der Waals surface area (Å²) in [6, 6.07) is 17.7. The van der Waals surface area contributed by atoms with Crippen molar-refractivity contribution in [3.05, 3.63) is 81.8 Å². The summed E-state index contributed by atoms with van der Waals surface area (Å²) in [6.45, 7) is 4.47. The molecule has 37 heavy (non-hydrogen) atoms. The maximum absolute atomic E-state index is 13.0. The molecule has 0 spiro atoms. The molecule has 0 aromatic heterocycles. The van der Waals surface area contributed by atoms with E-state index in [9.17, 15) is 9.59 Å². The highest BCUT2D eigenvalue weighted by atomic mass is 35.5. The van der Waals surface area contributed by atoms with Gasteiger partial charge in [0.2, 0.25) is 0 Å². The van der Waals surface area contributed by atoms with Crippen LogP contribution in [0.25, 0.3) is 0 Å². The molecule has 194 valence electrons. The number of carbonyl (C=O) groups excluding carboxylic acids is 2. The van der Waals surface area contributed by atoms with Crippen molar-refractivity contribution >= 4 is 46.5 Å². The first-order valence-electron chi connectivity index (χ1n) is 11.7. The average molecular weight is 543 g/mol. The van der Waals surface area contributed by atoms with E-state index in [-0.39, 0.29) is 16.7 Å². The van der Waals surface area contributed by atoms with Crippen LogP contribution >= 0.6 is 23.2 Å². The standard InChI is InChI=1S/C28H28Cl2N2O5/c1-28(2,27(34)35-4)17-9-12-21(29)23(13-17)31-26(33)20-11-10-18(14-22(20)30)36-16-19-15-32(3)24-7-5-6-8-25(24)37-19/h5-14,19H,15-16H2,1-4H3,(H,31,33)/t19-/m0/s1. The van der Waals surface area contributed by atoms with E-state index in [0.717, 1.165) is 11.4 Å². The van der Waals surface area contributed by atoms with Gasteiger partial charge >= 0.3 is 5.97 Å². The van der Waals surface area contributed by atoms with Crippen LogP contribution in [0.4, 0.5) is 11.4 Å². The third kappa shape index (κ3) is 5.78. The molecule has 0 unspecified atom stereocenters. The lowest BCUT2D eigenvalue weighted by Crippen LogP contribution is -2.41. The summed E-state index contributed by atoms with van der Waals surface area (Å²) in [5.74, 6) is 0.486. The molecule has 1 aliphatic rings. The molecule has 0 saturated heterocycles. The fourth-order valence-electron chi connectivity index (χ4n) is 4.11. The third-order valence-electron chi connectivity index (χ3n) is 6.30. The Hall–Kier alpha value is -3.42. The molecule has 0 fully saturated rings. The molecule has 7 nitrogen and oxygen atoms in total. The summed E-state index contributed by atoms with van der Waals surface area (Å²) in [5.41, 5.74) is 1.37. The van der Waals surface area contributed by atoms with Crippen LogP contribution in [0.3, 0.4) is 0 Å². The lowest BCUT2D eigenvalue weighted by atomic mass is 9.84. The van der Waals surface area contributed by atoms with E-state index in [1.165, 1.54) is 7.11 Å². The van der Waals surface area contributed by atoms with Crippen LogP contribution < -0.4 is 19.7 Å². The molecule has 4 rings (SSSR count). The number of nitrogens with zero attached hydrogens (tertiary/aromatic N) is 1. The average Bonchev–Trinajstić information content (AvgIpc) is 2.88. The molecule has 0 saturated carbocycles. The van der Waals surface area contributed by atoms with Crippen molar-refractivity contribution in [2.45, 2.75) is 25.4 Å². The van der Waals surface area contributed by atoms with E-state index in [2.05, 4.69) is 10.2 Å². The Labute approximate surface area is 226 Å². The molecule has 0 aliphatic carbocycles. The normalized spacial score (nSPS) is 14.9. The molecule has 0 radical (unpaired) electrons. The number of hydrogen-bond acceptors (Lipinski definition) is 6. The molecular formula is C28H28Cl2N2O5. The van der Waals surface area contributed by atoms with Crippen LogP contribution in [0.15, 0.2) is 60.7 Å². The van der Waals surface area contributed by atoms with Gasteiger partial charge in [0.05, 0.1) is 46.1 Å². The van der Waals surface area contributed by atoms with Crippen molar-refractivity contribution in [2.24, 2.45) is 0 Å². The molecule has 3 aromatic carbocycles. The van der Waals surface area contributed by atoms with Gasteiger partial charge in [-0.25, -0.2) is 0 Å². The molecule has 0 bridgehead atoms. The first-order chi connectivity index (χ1) is 17.6. The topological polar surface area (TPSA) is 77.1 Å². The fourth-order valence-corrected chi connectivity index (χ4v) is 4.53. The first kappa shape index (κ1) is 26.6. The van der Waals surface area contributed by atoms with Gasteiger partial charge in [0.1, 0.15) is 24.2 Å². The maximum atomic E-state index is 13.0. The fraction of sp³-hybridized carbons (Fsp3) is 0.286. The van der Waals surface area contributed by atoms with Gasteiger partial charge in [0.25, 0.3) is 5.91 Å². The van der Waals surface area contributed by atoms with Gasteiger partial charge in [-0.2, -0.15) is 0 Å². The Morgan fingerprint density at radius 1 is 1.08 bits per heavy atom. The van der Waals surface area contributed by atoms with Crippen LogP contribution in [0.1, 0.15) is 29.8 Å². The predicted octanol–water partition coefficient (Wildman–Crippen LogP) is 5.97. The quantitative estimate of drug-likeness (QED) is 0.370. The number of likely N-dealkylation sites (N-methyl/N-ethyl adjacent to an activating group) is 1. The zero-order chi connectivity index (χ0) is 26.7. The summed E-state index contributed by atoms with van der Waals surface area (Å²) in [4.78, 5) is 27.3. The van der Waals surface area contributed by atoms with Crippen LogP contribution in [0, 0.1) is 0 Å². The predicted molar refractivity (Wildman–Crippen MR) is 146 cm³/mol. The van der Waals surface area contributed by atoms with Crippen molar-refractivity contribution in [1.82, 2.24) is 0 Å². The minimum Gasteiger partial charge on any atom is -0.490 e. The Morgan fingerprint density at radius 3 is 2.57 bits per heavy atom. The number of benzene rings is 3. The summed E-state index contributed by atoms with van der Waals surface area (Å²) >= 11 is 12.7. The number of anilines is 2. The Bertz CT molecular complexity index is 1330. The van der Waals surface area contributed by atoms with Crippen LogP contribution in [-0.2, 0) is 14.9 Å². The Kier molecular flexibility index (Phi) is 7.85. The number of esters is 1. The highest BCUT2D eigenvalue weighted by Crippen LogP contribution is 2.33. The number of ether oxygens (including phenoxy) is 3. The molecule has 1 amide bonds. The number of para-hydroxylation sites is 2. The molecular weight excluding hydrogens is 515 g/mol. The van der Waals surface area contributed by atoms with Crippen molar-refractivity contribution in [1.29, 1.82) is 0 Å².